The Balaban J connectivity index is 1.26. The van der Waals surface area contributed by atoms with Crippen LogP contribution in [-0.4, -0.2) is 35.6 Å². The third-order valence-electron chi connectivity index (χ3n) is 5.40. The van der Waals surface area contributed by atoms with Crippen LogP contribution in [0.3, 0.4) is 0 Å². The molecule has 2 aliphatic carbocycles. The first-order chi connectivity index (χ1) is 12.8. The lowest BCUT2D eigenvalue weighted by Crippen LogP contribution is -2.33. The minimum atomic E-state index is 0.0190. The molecule has 0 bridgehead atoms. The fourth-order valence-electron chi connectivity index (χ4n) is 3.78. The highest BCUT2D eigenvalue weighted by Crippen LogP contribution is 2.38. The Bertz CT molecular complexity index is 982. The molecule has 8 nitrogen and oxygen atoms in total. The van der Waals surface area contributed by atoms with Crippen molar-refractivity contribution in [1.82, 2.24) is 29.6 Å². The van der Waals surface area contributed by atoms with Crippen molar-refractivity contribution in [3.63, 3.8) is 0 Å². The van der Waals surface area contributed by atoms with Crippen molar-refractivity contribution < 1.29 is 0 Å². The van der Waals surface area contributed by atoms with E-state index in [0.717, 1.165) is 42.8 Å². The summed E-state index contributed by atoms with van der Waals surface area (Å²) in [6.07, 6.45) is 7.89. The molecule has 2 saturated carbocycles. The van der Waals surface area contributed by atoms with Crippen LogP contribution in [0.2, 0.25) is 0 Å². The van der Waals surface area contributed by atoms with E-state index in [4.69, 9.17) is 0 Å². The lowest BCUT2D eigenvalue weighted by Gasteiger charge is -2.30. The number of hydrogen-bond donors (Lipinski definition) is 1. The van der Waals surface area contributed by atoms with E-state index in [9.17, 15) is 4.79 Å². The number of nitrogens with one attached hydrogen (secondary N) is 1. The average molecular weight is 351 g/mol. The van der Waals surface area contributed by atoms with Gasteiger partial charge < -0.3 is 5.32 Å². The molecule has 3 heterocycles. The van der Waals surface area contributed by atoms with Crippen LogP contribution >= 0.6 is 0 Å². The molecule has 1 N–H and O–H groups in total. The van der Waals surface area contributed by atoms with Crippen molar-refractivity contribution in [2.75, 3.05) is 5.32 Å². The van der Waals surface area contributed by atoms with Crippen molar-refractivity contribution in [1.29, 1.82) is 0 Å². The van der Waals surface area contributed by atoms with Gasteiger partial charge in [0.05, 0.1) is 11.7 Å². The Morgan fingerprint density at radius 2 is 1.81 bits per heavy atom. The quantitative estimate of drug-likeness (QED) is 0.775. The summed E-state index contributed by atoms with van der Waals surface area (Å²) in [6, 6.07) is 7.98. The maximum Gasteiger partial charge on any atom is 0.267 e. The van der Waals surface area contributed by atoms with E-state index < -0.39 is 0 Å². The molecule has 2 aliphatic rings. The van der Waals surface area contributed by atoms with Crippen LogP contribution in [0.4, 0.5) is 5.82 Å². The molecule has 5 rings (SSSR count). The van der Waals surface area contributed by atoms with Gasteiger partial charge in [-0.15, -0.1) is 15.3 Å². The van der Waals surface area contributed by atoms with Gasteiger partial charge in [0.25, 0.3) is 5.56 Å². The minimum Gasteiger partial charge on any atom is -0.366 e. The average Bonchev–Trinajstić information content (AvgIpc) is 3.41. The number of nitrogens with zero attached hydrogens (tertiary/aromatic N) is 6. The summed E-state index contributed by atoms with van der Waals surface area (Å²) in [4.78, 5) is 12.2. The maximum atomic E-state index is 12.2. The van der Waals surface area contributed by atoms with Gasteiger partial charge in [-0.2, -0.15) is 9.61 Å². The maximum absolute atomic E-state index is 12.2. The highest BCUT2D eigenvalue weighted by Gasteiger charge is 2.28. The fraction of sp³-hybridized carbons (Fsp3) is 0.500. The second-order valence-electron chi connectivity index (χ2n) is 7.32. The van der Waals surface area contributed by atoms with E-state index in [-0.39, 0.29) is 11.6 Å². The van der Waals surface area contributed by atoms with Crippen molar-refractivity contribution in [2.24, 2.45) is 0 Å². The van der Waals surface area contributed by atoms with Gasteiger partial charge in [-0.1, -0.05) is 0 Å². The Hall–Kier alpha value is -2.77. The molecule has 0 aromatic carbocycles. The molecule has 0 spiro atoms. The van der Waals surface area contributed by atoms with E-state index >= 15 is 0 Å². The summed E-state index contributed by atoms with van der Waals surface area (Å²) >= 11 is 0. The van der Waals surface area contributed by atoms with Crippen LogP contribution in [0.5, 0.6) is 0 Å². The molecule has 3 aromatic heterocycles. The molecule has 8 heteroatoms. The second kappa shape index (κ2) is 6.19. The van der Waals surface area contributed by atoms with Gasteiger partial charge in [0, 0.05) is 18.0 Å². The smallest absolute Gasteiger partial charge is 0.267 e. The summed E-state index contributed by atoms with van der Waals surface area (Å²) in [7, 11) is 0. The third-order valence-corrected chi connectivity index (χ3v) is 5.40. The van der Waals surface area contributed by atoms with E-state index in [0.29, 0.717) is 12.0 Å². The first-order valence-corrected chi connectivity index (χ1v) is 9.29. The highest BCUT2D eigenvalue weighted by molar-refractivity contribution is 5.43. The van der Waals surface area contributed by atoms with Crippen LogP contribution < -0.4 is 10.9 Å². The van der Waals surface area contributed by atoms with Gasteiger partial charge in [-0.05, 0) is 56.7 Å². The fourth-order valence-corrected chi connectivity index (χ4v) is 3.78. The predicted molar refractivity (Wildman–Crippen MR) is 96.2 cm³/mol. The molecule has 0 aliphatic heterocycles. The third kappa shape index (κ3) is 2.95. The number of aromatic nitrogens is 6. The van der Waals surface area contributed by atoms with Crippen LogP contribution in [0, 0.1) is 0 Å². The molecule has 0 unspecified atom stereocenters. The summed E-state index contributed by atoms with van der Waals surface area (Å²) in [5.74, 6) is 1.39. The van der Waals surface area contributed by atoms with Crippen LogP contribution in [-0.2, 0) is 0 Å². The van der Waals surface area contributed by atoms with E-state index in [1.165, 1.54) is 12.8 Å². The van der Waals surface area contributed by atoms with Gasteiger partial charge >= 0.3 is 0 Å². The van der Waals surface area contributed by atoms with Gasteiger partial charge in [-0.3, -0.25) is 4.79 Å². The summed E-state index contributed by atoms with van der Waals surface area (Å²) in [5, 5.41) is 20.4. The normalized spacial score (nSPS) is 23.2. The molecular formula is C18H21N7O. The minimum absolute atomic E-state index is 0.0190. The highest BCUT2D eigenvalue weighted by atomic mass is 16.1. The monoisotopic (exact) mass is 351 g/mol. The summed E-state index contributed by atoms with van der Waals surface area (Å²) < 4.78 is 3.39. The predicted octanol–water partition coefficient (Wildman–Crippen LogP) is 2.15. The number of hydrogen-bond acceptors (Lipinski definition) is 6. The van der Waals surface area contributed by atoms with Crippen molar-refractivity contribution >= 4 is 11.5 Å². The first-order valence-electron chi connectivity index (χ1n) is 9.29. The molecule has 0 atom stereocenters. The lowest BCUT2D eigenvalue weighted by molar-refractivity contribution is 0.301. The molecule has 0 amide bonds. The molecule has 0 radical (unpaired) electrons. The Kier molecular flexibility index (Phi) is 3.69. The largest absolute Gasteiger partial charge is 0.366 e. The number of rotatable bonds is 4. The summed E-state index contributed by atoms with van der Waals surface area (Å²) in [6.45, 7) is 0. The Morgan fingerprint density at radius 1 is 0.962 bits per heavy atom. The second-order valence-corrected chi connectivity index (χ2v) is 7.32. The first kappa shape index (κ1) is 15.5. The molecule has 134 valence electrons. The topological polar surface area (TPSA) is 90.0 Å². The van der Waals surface area contributed by atoms with Gasteiger partial charge in [0.2, 0.25) is 0 Å². The van der Waals surface area contributed by atoms with Crippen molar-refractivity contribution in [2.45, 2.75) is 56.5 Å². The van der Waals surface area contributed by atoms with Crippen molar-refractivity contribution in [3.05, 3.63) is 46.6 Å². The lowest BCUT2D eigenvalue weighted by atomic mass is 9.91. The Morgan fingerprint density at radius 3 is 2.62 bits per heavy atom. The Labute approximate surface area is 150 Å². The standard InChI is InChI=1S/C18H21N7O/c26-18-10-7-15(12-1-2-12)22-25(18)14-5-3-13(4-6-14)20-16-8-9-17-21-19-11-24(17)23-16/h7-14H,1-6H2,(H,20,23). The molecular weight excluding hydrogens is 330 g/mol. The molecule has 2 fully saturated rings. The van der Waals surface area contributed by atoms with Gasteiger partial charge in [0.1, 0.15) is 12.1 Å². The molecule has 26 heavy (non-hydrogen) atoms. The van der Waals surface area contributed by atoms with E-state index in [2.05, 4.69) is 25.7 Å². The van der Waals surface area contributed by atoms with Crippen LogP contribution in [0.15, 0.2) is 35.4 Å². The SMILES string of the molecule is O=c1ccc(C2CC2)nn1C1CCC(Nc2ccc3nncn3n2)CC1. The van der Waals surface area contributed by atoms with Gasteiger partial charge in [-0.25, -0.2) is 4.68 Å². The van der Waals surface area contributed by atoms with E-state index in [1.807, 2.05) is 18.2 Å². The number of fused-ring (bicyclic) bond motifs is 1. The van der Waals surface area contributed by atoms with Crippen molar-refractivity contribution in [3.8, 4) is 0 Å². The summed E-state index contributed by atoms with van der Waals surface area (Å²) in [5.41, 5.74) is 1.84. The van der Waals surface area contributed by atoms with Crippen LogP contribution in [0.1, 0.15) is 56.2 Å². The van der Waals surface area contributed by atoms with Crippen LogP contribution in [0.25, 0.3) is 5.65 Å². The zero-order valence-corrected chi connectivity index (χ0v) is 14.5. The number of anilines is 1. The molecule has 3 aromatic rings. The van der Waals surface area contributed by atoms with E-state index in [1.54, 1.807) is 21.6 Å². The zero-order valence-electron chi connectivity index (χ0n) is 14.5. The zero-order chi connectivity index (χ0) is 17.5. The van der Waals surface area contributed by atoms with Gasteiger partial charge in [0.15, 0.2) is 5.65 Å². The molecule has 0 saturated heterocycles.